The summed E-state index contributed by atoms with van der Waals surface area (Å²) in [6.07, 6.45) is 8.17. The minimum Gasteiger partial charge on any atom is -0.481 e. The van der Waals surface area contributed by atoms with Gasteiger partial charge in [0, 0.05) is 0 Å². The Balaban J connectivity index is 2.00. The molecule has 2 rings (SSSR count). The summed E-state index contributed by atoms with van der Waals surface area (Å²) in [4.78, 5) is 11.3. The molecule has 134 valence electrons. The fourth-order valence-corrected chi connectivity index (χ4v) is 3.65. The highest BCUT2D eigenvalue weighted by molar-refractivity contribution is 5.77. The molecular weight excluding hydrogens is 296 g/mol. The third-order valence-corrected chi connectivity index (χ3v) is 5.73. The normalized spacial score (nSPS) is 16.2. The van der Waals surface area contributed by atoms with Crippen LogP contribution in [-0.4, -0.2) is 11.1 Å². The van der Waals surface area contributed by atoms with Gasteiger partial charge in [-0.1, -0.05) is 32.9 Å². The molecule has 24 heavy (non-hydrogen) atoms. The molecule has 1 aliphatic rings. The summed E-state index contributed by atoms with van der Waals surface area (Å²) >= 11 is 0. The maximum Gasteiger partial charge on any atom is 0.309 e. The Morgan fingerprint density at radius 1 is 1.12 bits per heavy atom. The molecule has 0 heterocycles. The summed E-state index contributed by atoms with van der Waals surface area (Å²) in [5.41, 5.74) is 5.76. The van der Waals surface area contributed by atoms with Gasteiger partial charge in [0.15, 0.2) is 0 Å². The molecule has 0 aromatic heterocycles. The molecule has 0 spiro atoms. The predicted octanol–water partition coefficient (Wildman–Crippen LogP) is 5.86. The second-order valence-corrected chi connectivity index (χ2v) is 9.00. The van der Waals surface area contributed by atoms with Gasteiger partial charge in [0.1, 0.15) is 0 Å². The van der Waals surface area contributed by atoms with E-state index in [4.69, 9.17) is 0 Å². The number of aryl methyl sites for hydroxylation is 2. The van der Waals surface area contributed by atoms with Gasteiger partial charge in [-0.05, 0) is 92.9 Å². The Morgan fingerprint density at radius 2 is 1.79 bits per heavy atom. The van der Waals surface area contributed by atoms with Crippen LogP contribution >= 0.6 is 0 Å². The number of benzene rings is 1. The molecule has 0 saturated heterocycles. The zero-order chi connectivity index (χ0) is 18.0. The number of carbonyl (C=O) groups is 1. The lowest BCUT2D eigenvalue weighted by Gasteiger charge is -2.20. The SMILES string of the molecule is Cc1ccc(CCCC2(C(=O)O)CC2)c(CCCC(C)(C)C)c1C. The van der Waals surface area contributed by atoms with Crippen molar-refractivity contribution in [3.05, 3.63) is 34.4 Å². The Morgan fingerprint density at radius 3 is 2.33 bits per heavy atom. The van der Waals surface area contributed by atoms with E-state index in [1.807, 2.05) is 0 Å². The molecule has 1 fully saturated rings. The first kappa shape index (κ1) is 19.0. The standard InChI is InChI=1S/C22H34O2/c1-16-10-11-18(8-6-13-22(14-15-22)20(23)24)19(17(16)2)9-7-12-21(3,4)5/h10-11H,6-9,12-15H2,1-5H3,(H,23,24). The monoisotopic (exact) mass is 330 g/mol. The van der Waals surface area contributed by atoms with Crippen LogP contribution in [0.25, 0.3) is 0 Å². The van der Waals surface area contributed by atoms with Gasteiger partial charge >= 0.3 is 5.97 Å². The van der Waals surface area contributed by atoms with E-state index in [1.165, 1.54) is 35.1 Å². The molecule has 2 heteroatoms. The third-order valence-electron chi connectivity index (χ3n) is 5.73. The molecule has 0 radical (unpaired) electrons. The van der Waals surface area contributed by atoms with Crippen molar-refractivity contribution >= 4 is 5.97 Å². The van der Waals surface area contributed by atoms with Crippen LogP contribution in [0.3, 0.4) is 0 Å². The van der Waals surface area contributed by atoms with Crippen LogP contribution in [0.5, 0.6) is 0 Å². The summed E-state index contributed by atoms with van der Waals surface area (Å²) in [6, 6.07) is 4.50. The van der Waals surface area contributed by atoms with Crippen LogP contribution in [0.2, 0.25) is 0 Å². The summed E-state index contributed by atoms with van der Waals surface area (Å²) in [6.45, 7) is 11.3. The van der Waals surface area contributed by atoms with Gasteiger partial charge in [0.05, 0.1) is 5.41 Å². The number of hydrogen-bond acceptors (Lipinski definition) is 1. The molecule has 1 aromatic rings. The maximum atomic E-state index is 11.3. The highest BCUT2D eigenvalue weighted by Crippen LogP contribution is 2.50. The first-order valence-corrected chi connectivity index (χ1v) is 9.46. The van der Waals surface area contributed by atoms with Crippen LogP contribution in [-0.2, 0) is 17.6 Å². The van der Waals surface area contributed by atoms with Crippen molar-refractivity contribution in [1.29, 1.82) is 0 Å². The van der Waals surface area contributed by atoms with E-state index in [0.717, 1.165) is 38.5 Å². The van der Waals surface area contributed by atoms with E-state index in [0.29, 0.717) is 5.41 Å². The molecule has 0 unspecified atom stereocenters. The Kier molecular flexibility index (Phi) is 5.78. The highest BCUT2D eigenvalue weighted by atomic mass is 16.4. The van der Waals surface area contributed by atoms with Crippen molar-refractivity contribution in [2.75, 3.05) is 0 Å². The molecular formula is C22H34O2. The lowest BCUT2D eigenvalue weighted by atomic mass is 9.85. The Hall–Kier alpha value is -1.31. The Labute approximate surface area is 147 Å². The first-order valence-electron chi connectivity index (χ1n) is 9.46. The topological polar surface area (TPSA) is 37.3 Å². The van der Waals surface area contributed by atoms with Crippen molar-refractivity contribution in [3.8, 4) is 0 Å². The van der Waals surface area contributed by atoms with Gasteiger partial charge in [-0.3, -0.25) is 4.79 Å². The van der Waals surface area contributed by atoms with Crippen LogP contribution in [0.1, 0.15) is 81.5 Å². The van der Waals surface area contributed by atoms with Gasteiger partial charge in [0.2, 0.25) is 0 Å². The maximum absolute atomic E-state index is 11.3. The second-order valence-electron chi connectivity index (χ2n) is 9.00. The summed E-state index contributed by atoms with van der Waals surface area (Å²) in [5, 5.41) is 9.33. The summed E-state index contributed by atoms with van der Waals surface area (Å²) in [5.74, 6) is -0.590. The van der Waals surface area contributed by atoms with E-state index >= 15 is 0 Å². The van der Waals surface area contributed by atoms with E-state index in [-0.39, 0.29) is 5.41 Å². The van der Waals surface area contributed by atoms with E-state index in [9.17, 15) is 9.90 Å². The molecule has 1 aliphatic carbocycles. The largest absolute Gasteiger partial charge is 0.481 e. The zero-order valence-electron chi connectivity index (χ0n) is 16.2. The second kappa shape index (κ2) is 7.29. The molecule has 1 saturated carbocycles. The third kappa shape index (κ3) is 4.84. The average molecular weight is 331 g/mol. The van der Waals surface area contributed by atoms with Gasteiger partial charge in [0.25, 0.3) is 0 Å². The van der Waals surface area contributed by atoms with Crippen molar-refractivity contribution < 1.29 is 9.90 Å². The van der Waals surface area contributed by atoms with Crippen molar-refractivity contribution in [2.24, 2.45) is 10.8 Å². The van der Waals surface area contributed by atoms with Crippen LogP contribution in [0.4, 0.5) is 0 Å². The molecule has 0 amide bonds. The zero-order valence-corrected chi connectivity index (χ0v) is 16.2. The van der Waals surface area contributed by atoms with Crippen LogP contribution < -0.4 is 0 Å². The quantitative estimate of drug-likeness (QED) is 0.648. The minimum absolute atomic E-state index is 0.383. The number of carboxylic acid groups (broad SMARTS) is 1. The molecule has 0 aliphatic heterocycles. The van der Waals surface area contributed by atoms with Gasteiger partial charge in [-0.25, -0.2) is 0 Å². The van der Waals surface area contributed by atoms with Crippen molar-refractivity contribution in [3.63, 3.8) is 0 Å². The number of hydrogen-bond donors (Lipinski definition) is 1. The summed E-state index contributed by atoms with van der Waals surface area (Å²) in [7, 11) is 0. The molecule has 1 N–H and O–H groups in total. The van der Waals surface area contributed by atoms with Crippen molar-refractivity contribution in [1.82, 2.24) is 0 Å². The molecule has 0 atom stereocenters. The summed E-state index contributed by atoms with van der Waals surface area (Å²) < 4.78 is 0. The number of rotatable bonds is 8. The fraction of sp³-hybridized carbons (Fsp3) is 0.682. The van der Waals surface area contributed by atoms with Crippen molar-refractivity contribution in [2.45, 2.75) is 86.0 Å². The Bertz CT molecular complexity index is 589. The smallest absolute Gasteiger partial charge is 0.309 e. The molecule has 2 nitrogen and oxygen atoms in total. The van der Waals surface area contributed by atoms with E-state index in [2.05, 4.69) is 46.8 Å². The lowest BCUT2D eigenvalue weighted by Crippen LogP contribution is -2.15. The molecule has 1 aromatic carbocycles. The van der Waals surface area contributed by atoms with Gasteiger partial charge < -0.3 is 5.11 Å². The average Bonchev–Trinajstić information content (AvgIpc) is 3.25. The van der Waals surface area contributed by atoms with E-state index in [1.54, 1.807) is 0 Å². The fourth-order valence-electron chi connectivity index (χ4n) is 3.65. The first-order chi connectivity index (χ1) is 11.1. The number of aliphatic carboxylic acids is 1. The van der Waals surface area contributed by atoms with Gasteiger partial charge in [-0.15, -0.1) is 0 Å². The number of carboxylic acids is 1. The van der Waals surface area contributed by atoms with E-state index < -0.39 is 5.97 Å². The highest BCUT2D eigenvalue weighted by Gasteiger charge is 2.49. The lowest BCUT2D eigenvalue weighted by molar-refractivity contribution is -0.143. The van der Waals surface area contributed by atoms with Crippen LogP contribution in [0.15, 0.2) is 12.1 Å². The van der Waals surface area contributed by atoms with Crippen LogP contribution in [0, 0.1) is 24.7 Å². The predicted molar refractivity (Wildman–Crippen MR) is 101 cm³/mol. The van der Waals surface area contributed by atoms with Gasteiger partial charge in [-0.2, -0.15) is 0 Å². The minimum atomic E-state index is -0.590. The molecule has 0 bridgehead atoms.